The topological polar surface area (TPSA) is 24.9 Å². The quantitative estimate of drug-likeness (QED) is 0.792. The number of aromatic nitrogens is 1. The van der Waals surface area contributed by atoms with Crippen LogP contribution in [0.2, 0.25) is 5.02 Å². The second kappa shape index (κ2) is 7.30. The number of hydrogen-bond donors (Lipinski definition) is 1. The number of rotatable bonds is 5. The van der Waals surface area contributed by atoms with Gasteiger partial charge in [0.1, 0.15) is 0 Å². The van der Waals surface area contributed by atoms with Gasteiger partial charge in [0.15, 0.2) is 0 Å². The Labute approximate surface area is 136 Å². The summed E-state index contributed by atoms with van der Waals surface area (Å²) in [7, 11) is 0. The molecule has 1 N–H and O–H groups in total. The molecule has 4 heteroatoms. The van der Waals surface area contributed by atoms with Crippen LogP contribution in [0.1, 0.15) is 31.9 Å². The van der Waals surface area contributed by atoms with Crippen molar-refractivity contribution in [1.82, 2.24) is 10.3 Å². The summed E-state index contributed by atoms with van der Waals surface area (Å²) in [6.45, 7) is 7.42. The molecule has 1 aromatic carbocycles. The maximum absolute atomic E-state index is 6.12. The lowest BCUT2D eigenvalue weighted by molar-refractivity contribution is 0.424. The van der Waals surface area contributed by atoms with Crippen LogP contribution in [0.3, 0.4) is 0 Å². The minimum atomic E-state index is 0.144. The fraction of sp³-hybridized carbons (Fsp3) is 0.353. The maximum Gasteiger partial charge on any atom is 0.0629 e. The first-order chi connectivity index (χ1) is 9.94. The zero-order chi connectivity index (χ0) is 15.3. The van der Waals surface area contributed by atoms with E-state index in [2.05, 4.69) is 55.3 Å². The van der Waals surface area contributed by atoms with Crippen molar-refractivity contribution < 1.29 is 0 Å². The van der Waals surface area contributed by atoms with E-state index in [1.807, 2.05) is 6.07 Å². The van der Waals surface area contributed by atoms with Gasteiger partial charge >= 0.3 is 0 Å². The van der Waals surface area contributed by atoms with Gasteiger partial charge in [0, 0.05) is 35.1 Å². The molecular weight excluding hydrogens is 300 g/mol. The average molecular weight is 321 g/mol. The molecule has 0 aliphatic carbocycles. The molecule has 0 radical (unpaired) electrons. The smallest absolute Gasteiger partial charge is 0.0629 e. The van der Waals surface area contributed by atoms with Crippen LogP contribution in [-0.2, 0) is 12.3 Å². The highest BCUT2D eigenvalue weighted by molar-refractivity contribution is 7.98. The molecule has 0 bridgehead atoms. The van der Waals surface area contributed by atoms with Crippen LogP contribution in [0.15, 0.2) is 47.6 Å². The molecule has 0 saturated heterocycles. The lowest BCUT2D eigenvalue weighted by Gasteiger charge is -2.20. The summed E-state index contributed by atoms with van der Waals surface area (Å²) in [4.78, 5) is 5.26. The van der Waals surface area contributed by atoms with Gasteiger partial charge < -0.3 is 5.32 Å². The van der Waals surface area contributed by atoms with Crippen molar-refractivity contribution in [3.05, 3.63) is 58.9 Å². The Balaban J connectivity index is 1.89. The standard InChI is InChI=1S/C17H21ClN2S/c1-17(2,3)20-10-13-4-6-15(7-5-13)21-12-14-8-9-19-11-16(14)18/h4-9,11,20H,10,12H2,1-3H3. The third-order valence-corrected chi connectivity index (χ3v) is 4.40. The zero-order valence-electron chi connectivity index (χ0n) is 12.7. The first-order valence-electron chi connectivity index (χ1n) is 6.99. The van der Waals surface area contributed by atoms with E-state index in [0.717, 1.165) is 22.9 Å². The Morgan fingerprint density at radius 2 is 1.86 bits per heavy atom. The Kier molecular flexibility index (Phi) is 5.68. The zero-order valence-corrected chi connectivity index (χ0v) is 14.3. The van der Waals surface area contributed by atoms with E-state index in [9.17, 15) is 0 Å². The third-order valence-electron chi connectivity index (χ3n) is 3.00. The van der Waals surface area contributed by atoms with E-state index in [1.165, 1.54) is 10.5 Å². The number of nitrogens with zero attached hydrogens (tertiary/aromatic N) is 1. The summed E-state index contributed by atoms with van der Waals surface area (Å²) in [6.07, 6.45) is 3.47. The Morgan fingerprint density at radius 1 is 1.14 bits per heavy atom. The van der Waals surface area contributed by atoms with Crippen LogP contribution in [0.25, 0.3) is 0 Å². The highest BCUT2D eigenvalue weighted by atomic mass is 35.5. The van der Waals surface area contributed by atoms with Gasteiger partial charge in [0.25, 0.3) is 0 Å². The van der Waals surface area contributed by atoms with Crippen LogP contribution in [-0.4, -0.2) is 10.5 Å². The first-order valence-corrected chi connectivity index (χ1v) is 8.35. The molecule has 2 rings (SSSR count). The fourth-order valence-corrected chi connectivity index (χ4v) is 2.92. The summed E-state index contributed by atoms with van der Waals surface area (Å²) >= 11 is 7.90. The van der Waals surface area contributed by atoms with E-state index in [4.69, 9.17) is 11.6 Å². The van der Waals surface area contributed by atoms with Crippen molar-refractivity contribution in [2.24, 2.45) is 0 Å². The molecule has 0 amide bonds. The molecule has 1 heterocycles. The minimum absolute atomic E-state index is 0.144. The molecule has 0 unspecified atom stereocenters. The van der Waals surface area contributed by atoms with Gasteiger partial charge in [-0.15, -0.1) is 11.8 Å². The molecule has 0 saturated carbocycles. The van der Waals surface area contributed by atoms with Crippen LogP contribution < -0.4 is 5.32 Å². The summed E-state index contributed by atoms with van der Waals surface area (Å²) in [6, 6.07) is 10.7. The molecule has 2 aromatic rings. The summed E-state index contributed by atoms with van der Waals surface area (Å²) in [5.74, 6) is 0.862. The summed E-state index contributed by atoms with van der Waals surface area (Å²) in [5, 5.41) is 4.22. The SMILES string of the molecule is CC(C)(C)NCc1ccc(SCc2ccncc2Cl)cc1. The molecule has 1 aromatic heterocycles. The van der Waals surface area contributed by atoms with E-state index in [1.54, 1.807) is 24.2 Å². The summed E-state index contributed by atoms with van der Waals surface area (Å²) in [5.41, 5.74) is 2.57. The number of pyridine rings is 1. The third kappa shape index (κ3) is 5.70. The average Bonchev–Trinajstić information content (AvgIpc) is 2.45. The molecular formula is C17H21ClN2S. The monoisotopic (exact) mass is 320 g/mol. The van der Waals surface area contributed by atoms with Crippen molar-refractivity contribution in [2.45, 2.75) is 43.5 Å². The molecule has 0 aliphatic heterocycles. The van der Waals surface area contributed by atoms with Crippen molar-refractivity contribution in [1.29, 1.82) is 0 Å². The Bertz CT molecular complexity index is 576. The highest BCUT2D eigenvalue weighted by Gasteiger charge is 2.08. The normalized spacial score (nSPS) is 11.6. The molecule has 2 nitrogen and oxygen atoms in total. The van der Waals surface area contributed by atoms with Crippen molar-refractivity contribution in [3.63, 3.8) is 0 Å². The first kappa shape index (κ1) is 16.3. The van der Waals surface area contributed by atoms with Crippen molar-refractivity contribution in [3.8, 4) is 0 Å². The molecule has 0 fully saturated rings. The van der Waals surface area contributed by atoms with Gasteiger partial charge in [-0.3, -0.25) is 4.98 Å². The minimum Gasteiger partial charge on any atom is -0.308 e. The van der Waals surface area contributed by atoms with E-state index >= 15 is 0 Å². The number of benzene rings is 1. The predicted molar refractivity (Wildman–Crippen MR) is 91.8 cm³/mol. The lowest BCUT2D eigenvalue weighted by Crippen LogP contribution is -2.35. The molecule has 0 spiro atoms. The van der Waals surface area contributed by atoms with E-state index < -0.39 is 0 Å². The largest absolute Gasteiger partial charge is 0.308 e. The van der Waals surface area contributed by atoms with Crippen LogP contribution in [0, 0.1) is 0 Å². The van der Waals surface area contributed by atoms with Gasteiger partial charge in [0.2, 0.25) is 0 Å². The number of nitrogens with one attached hydrogen (secondary N) is 1. The van der Waals surface area contributed by atoms with Gasteiger partial charge in [-0.25, -0.2) is 0 Å². The fourth-order valence-electron chi connectivity index (χ4n) is 1.75. The van der Waals surface area contributed by atoms with Crippen LogP contribution in [0.5, 0.6) is 0 Å². The predicted octanol–water partition coefficient (Wildman–Crippen LogP) is 4.92. The van der Waals surface area contributed by atoms with Crippen LogP contribution in [0.4, 0.5) is 0 Å². The second-order valence-electron chi connectivity index (χ2n) is 6.00. The highest BCUT2D eigenvalue weighted by Crippen LogP contribution is 2.26. The van der Waals surface area contributed by atoms with Gasteiger partial charge in [-0.2, -0.15) is 0 Å². The van der Waals surface area contributed by atoms with Crippen molar-refractivity contribution in [2.75, 3.05) is 0 Å². The Morgan fingerprint density at radius 3 is 2.48 bits per heavy atom. The maximum atomic E-state index is 6.12. The van der Waals surface area contributed by atoms with E-state index in [0.29, 0.717) is 0 Å². The summed E-state index contributed by atoms with van der Waals surface area (Å²) < 4.78 is 0. The number of halogens is 1. The molecule has 0 aliphatic rings. The molecule has 21 heavy (non-hydrogen) atoms. The number of thioether (sulfide) groups is 1. The van der Waals surface area contributed by atoms with E-state index in [-0.39, 0.29) is 5.54 Å². The van der Waals surface area contributed by atoms with Gasteiger partial charge in [0.05, 0.1) is 5.02 Å². The molecule has 112 valence electrons. The Hall–Kier alpha value is -1.03. The lowest BCUT2D eigenvalue weighted by atomic mass is 10.1. The second-order valence-corrected chi connectivity index (χ2v) is 7.46. The number of hydrogen-bond acceptors (Lipinski definition) is 3. The van der Waals surface area contributed by atoms with Gasteiger partial charge in [-0.05, 0) is 50.1 Å². The van der Waals surface area contributed by atoms with Crippen molar-refractivity contribution >= 4 is 23.4 Å². The molecule has 0 atom stereocenters. The van der Waals surface area contributed by atoms with Gasteiger partial charge in [-0.1, -0.05) is 23.7 Å². The van der Waals surface area contributed by atoms with Crippen LogP contribution >= 0.6 is 23.4 Å².